The van der Waals surface area contributed by atoms with Crippen LogP contribution in [0.1, 0.15) is 37.3 Å². The fourth-order valence-electron chi connectivity index (χ4n) is 4.13. The minimum Gasteiger partial charge on any atom is -0.440 e. The number of hydrogen-bond donors (Lipinski definition) is 0. The zero-order valence-electron chi connectivity index (χ0n) is 18.8. The molecule has 0 N–H and O–H groups in total. The predicted octanol–water partition coefficient (Wildman–Crippen LogP) is 5.39. The number of hydrogen-bond acceptors (Lipinski definition) is 6. The number of benzene rings is 2. The molecule has 1 aliphatic rings. The van der Waals surface area contributed by atoms with Crippen molar-refractivity contribution in [3.05, 3.63) is 77.6 Å². The zero-order chi connectivity index (χ0) is 23.5. The molecule has 0 aliphatic carbocycles. The van der Waals surface area contributed by atoms with Gasteiger partial charge in [0.05, 0.1) is 11.4 Å². The van der Waals surface area contributed by atoms with Crippen LogP contribution in [-0.4, -0.2) is 39.8 Å². The molecule has 0 saturated carbocycles. The lowest BCUT2D eigenvalue weighted by Gasteiger charge is -2.29. The van der Waals surface area contributed by atoms with Gasteiger partial charge in [0.1, 0.15) is 5.52 Å². The molecule has 1 saturated heterocycles. The third-order valence-corrected chi connectivity index (χ3v) is 6.74. The Balaban J connectivity index is 1.21. The smallest absolute Gasteiger partial charge is 0.246 e. The second kappa shape index (κ2) is 9.61. The van der Waals surface area contributed by atoms with Crippen LogP contribution in [0.2, 0.25) is 0 Å². The minimum atomic E-state index is -0.117. The van der Waals surface area contributed by atoms with E-state index in [9.17, 15) is 9.59 Å². The maximum Gasteiger partial charge on any atom is 0.246 e. The van der Waals surface area contributed by atoms with Gasteiger partial charge in [-0.15, -0.1) is 11.3 Å². The Morgan fingerprint density at radius 1 is 1.06 bits per heavy atom. The van der Waals surface area contributed by atoms with E-state index in [0.29, 0.717) is 23.9 Å². The van der Waals surface area contributed by atoms with E-state index in [-0.39, 0.29) is 17.7 Å². The summed E-state index contributed by atoms with van der Waals surface area (Å²) in [6.45, 7) is 2.82. The van der Waals surface area contributed by atoms with Gasteiger partial charge in [0.25, 0.3) is 0 Å². The minimum absolute atomic E-state index is 0.0444. The number of carbonyl (C=O) groups excluding carboxylic acids is 2. The summed E-state index contributed by atoms with van der Waals surface area (Å²) in [4.78, 5) is 37.5. The van der Waals surface area contributed by atoms with Gasteiger partial charge < -0.3 is 9.32 Å². The van der Waals surface area contributed by atoms with Crippen molar-refractivity contribution >= 4 is 51.1 Å². The number of anilines is 2. The highest BCUT2D eigenvalue weighted by Gasteiger charge is 2.26. The van der Waals surface area contributed by atoms with Gasteiger partial charge >= 0.3 is 0 Å². The summed E-state index contributed by atoms with van der Waals surface area (Å²) in [5.41, 5.74) is 3.09. The molecule has 2 amide bonds. The number of thiazole rings is 1. The third-order valence-electron chi connectivity index (χ3n) is 5.89. The Kier molecular flexibility index (Phi) is 6.22. The van der Waals surface area contributed by atoms with Crippen molar-refractivity contribution in [3.8, 4) is 0 Å². The molecular weight excluding hydrogens is 448 g/mol. The Morgan fingerprint density at radius 2 is 1.79 bits per heavy atom. The van der Waals surface area contributed by atoms with E-state index < -0.39 is 0 Å². The predicted molar refractivity (Wildman–Crippen MR) is 133 cm³/mol. The first-order valence-corrected chi connectivity index (χ1v) is 12.1. The number of oxazole rings is 1. The maximum atomic E-state index is 12.7. The average Bonchev–Trinajstić information content (AvgIpc) is 3.50. The van der Waals surface area contributed by atoms with Crippen LogP contribution in [0.5, 0.6) is 0 Å². The van der Waals surface area contributed by atoms with Crippen molar-refractivity contribution < 1.29 is 14.0 Å². The molecule has 7 nitrogen and oxygen atoms in total. The summed E-state index contributed by atoms with van der Waals surface area (Å²) >= 11 is 1.37. The van der Waals surface area contributed by atoms with Crippen molar-refractivity contribution in [2.75, 3.05) is 18.0 Å². The van der Waals surface area contributed by atoms with Crippen molar-refractivity contribution in [1.82, 2.24) is 14.9 Å². The van der Waals surface area contributed by atoms with Gasteiger partial charge in [-0.25, -0.2) is 9.97 Å². The number of nitrogens with zero attached hydrogens (tertiary/aromatic N) is 4. The molecule has 1 aliphatic heterocycles. The molecule has 172 valence electrons. The number of carbonyl (C=O) groups is 2. The highest BCUT2D eigenvalue weighted by atomic mass is 32.1. The SMILES string of the molecule is CC(=O)N(c1ccccc1)c1nc(C=CC(=O)N2CCC(c3nc4ccccc4o3)CC2)cs1. The van der Waals surface area contributed by atoms with Crippen LogP contribution in [0.3, 0.4) is 0 Å². The van der Waals surface area contributed by atoms with E-state index in [1.54, 1.807) is 17.1 Å². The van der Waals surface area contributed by atoms with E-state index in [1.807, 2.05) is 64.9 Å². The topological polar surface area (TPSA) is 79.5 Å². The van der Waals surface area contributed by atoms with Crippen molar-refractivity contribution in [2.24, 2.45) is 0 Å². The Labute approximate surface area is 201 Å². The summed E-state index contributed by atoms with van der Waals surface area (Å²) in [5.74, 6) is 0.815. The first-order valence-electron chi connectivity index (χ1n) is 11.2. The molecule has 0 spiro atoms. The molecule has 0 unspecified atom stereocenters. The van der Waals surface area contributed by atoms with E-state index in [0.717, 1.165) is 35.5 Å². The Morgan fingerprint density at radius 3 is 2.53 bits per heavy atom. The van der Waals surface area contributed by atoms with Crippen LogP contribution in [0.25, 0.3) is 17.2 Å². The van der Waals surface area contributed by atoms with Crippen LogP contribution in [0.15, 0.2) is 70.5 Å². The second-order valence-corrected chi connectivity index (χ2v) is 9.03. The van der Waals surface area contributed by atoms with Gasteiger partial charge in [-0.05, 0) is 43.2 Å². The van der Waals surface area contributed by atoms with Gasteiger partial charge in [-0.3, -0.25) is 14.5 Å². The quantitative estimate of drug-likeness (QED) is 0.364. The lowest BCUT2D eigenvalue weighted by molar-refractivity contribution is -0.127. The molecule has 8 heteroatoms. The van der Waals surface area contributed by atoms with Gasteiger partial charge in [0.15, 0.2) is 16.6 Å². The first-order chi connectivity index (χ1) is 16.6. The number of likely N-dealkylation sites (tertiary alicyclic amines) is 1. The van der Waals surface area contributed by atoms with Crippen LogP contribution in [0, 0.1) is 0 Å². The molecule has 1 fully saturated rings. The monoisotopic (exact) mass is 472 g/mol. The fraction of sp³-hybridized carbons (Fsp3) is 0.231. The number of rotatable bonds is 5. The van der Waals surface area contributed by atoms with Gasteiger partial charge in [0, 0.05) is 37.4 Å². The standard InChI is InChI=1S/C26H24N4O3S/c1-18(31)30(21-7-3-2-4-8-21)26-27-20(17-34-26)11-12-24(32)29-15-13-19(14-16-29)25-28-22-9-5-6-10-23(22)33-25/h2-12,17,19H,13-16H2,1H3. The number of piperidine rings is 1. The van der Waals surface area contributed by atoms with E-state index in [1.165, 1.54) is 18.3 Å². The summed E-state index contributed by atoms with van der Waals surface area (Å²) in [6.07, 6.45) is 4.90. The lowest BCUT2D eigenvalue weighted by atomic mass is 9.97. The average molecular weight is 473 g/mol. The molecular formula is C26H24N4O3S. The second-order valence-electron chi connectivity index (χ2n) is 8.20. The summed E-state index contributed by atoms with van der Waals surface area (Å²) in [5, 5.41) is 2.42. The van der Waals surface area contributed by atoms with Gasteiger partial charge in [0.2, 0.25) is 11.8 Å². The fourth-order valence-corrected chi connectivity index (χ4v) is 4.99. The van der Waals surface area contributed by atoms with Crippen LogP contribution >= 0.6 is 11.3 Å². The Bertz CT molecular complexity index is 1300. The van der Waals surface area contributed by atoms with E-state index in [2.05, 4.69) is 9.97 Å². The molecule has 34 heavy (non-hydrogen) atoms. The van der Waals surface area contributed by atoms with Crippen LogP contribution < -0.4 is 4.90 Å². The summed E-state index contributed by atoms with van der Waals surface area (Å²) in [6, 6.07) is 17.2. The first kappa shape index (κ1) is 22.0. The number of para-hydroxylation sites is 3. The molecule has 0 radical (unpaired) electrons. The van der Waals surface area contributed by atoms with Crippen molar-refractivity contribution in [1.29, 1.82) is 0 Å². The van der Waals surface area contributed by atoms with E-state index >= 15 is 0 Å². The molecule has 2 aromatic carbocycles. The molecule has 0 bridgehead atoms. The van der Waals surface area contributed by atoms with Crippen LogP contribution in [0.4, 0.5) is 10.8 Å². The summed E-state index contributed by atoms with van der Waals surface area (Å²) < 4.78 is 5.92. The lowest BCUT2D eigenvalue weighted by Crippen LogP contribution is -2.36. The highest BCUT2D eigenvalue weighted by Crippen LogP contribution is 2.31. The van der Waals surface area contributed by atoms with Crippen molar-refractivity contribution in [2.45, 2.75) is 25.7 Å². The molecule has 3 heterocycles. The molecule has 2 aromatic heterocycles. The van der Waals surface area contributed by atoms with Gasteiger partial charge in [-0.2, -0.15) is 0 Å². The van der Waals surface area contributed by atoms with E-state index in [4.69, 9.17) is 4.42 Å². The third kappa shape index (κ3) is 4.63. The van der Waals surface area contributed by atoms with Gasteiger partial charge in [-0.1, -0.05) is 30.3 Å². The number of aromatic nitrogens is 2. The number of amides is 2. The van der Waals surface area contributed by atoms with Crippen molar-refractivity contribution in [3.63, 3.8) is 0 Å². The highest BCUT2D eigenvalue weighted by molar-refractivity contribution is 7.14. The number of fused-ring (bicyclic) bond motifs is 1. The molecule has 4 aromatic rings. The van der Waals surface area contributed by atoms with Crippen LogP contribution in [-0.2, 0) is 9.59 Å². The largest absolute Gasteiger partial charge is 0.440 e. The molecule has 0 atom stereocenters. The maximum absolute atomic E-state index is 12.7. The Hall–Kier alpha value is -3.78. The normalized spacial score (nSPS) is 14.7. The summed E-state index contributed by atoms with van der Waals surface area (Å²) in [7, 11) is 0. The zero-order valence-corrected chi connectivity index (χ0v) is 19.6. The molecule has 5 rings (SSSR count).